The highest BCUT2D eigenvalue weighted by Crippen LogP contribution is 2.22. The van der Waals surface area contributed by atoms with Crippen LogP contribution in [0.1, 0.15) is 30.7 Å². The molecular formula is C22H22N2O2. The Labute approximate surface area is 153 Å². The first-order valence-electron chi connectivity index (χ1n) is 9.18. The molecule has 26 heavy (non-hydrogen) atoms. The van der Waals surface area contributed by atoms with Gasteiger partial charge in [0.25, 0.3) is 0 Å². The molecule has 0 saturated carbocycles. The second kappa shape index (κ2) is 7.56. The molecule has 0 radical (unpaired) electrons. The summed E-state index contributed by atoms with van der Waals surface area (Å²) in [5.41, 5.74) is 2.82. The zero-order valence-electron chi connectivity index (χ0n) is 14.7. The Morgan fingerprint density at radius 2 is 1.92 bits per heavy atom. The van der Waals surface area contributed by atoms with E-state index in [-0.39, 0.29) is 11.9 Å². The second-order valence-corrected chi connectivity index (χ2v) is 6.72. The Kier molecular flexibility index (Phi) is 4.82. The van der Waals surface area contributed by atoms with Gasteiger partial charge in [0.2, 0.25) is 11.8 Å². The van der Waals surface area contributed by atoms with Crippen LogP contribution in [0.2, 0.25) is 0 Å². The van der Waals surface area contributed by atoms with Gasteiger partial charge in [-0.1, -0.05) is 42.5 Å². The average Bonchev–Trinajstić information content (AvgIpc) is 3.10. The molecule has 1 atom stereocenters. The number of para-hydroxylation sites is 2. The molecule has 1 aromatic heterocycles. The maximum atomic E-state index is 12.8. The van der Waals surface area contributed by atoms with Crippen LogP contribution in [-0.2, 0) is 11.2 Å². The second-order valence-electron chi connectivity index (χ2n) is 6.72. The predicted octanol–water partition coefficient (Wildman–Crippen LogP) is 4.46. The Morgan fingerprint density at radius 3 is 2.77 bits per heavy atom. The minimum absolute atomic E-state index is 0.0351. The van der Waals surface area contributed by atoms with Gasteiger partial charge in [-0.3, -0.25) is 4.79 Å². The number of oxazole rings is 1. The van der Waals surface area contributed by atoms with Crippen LogP contribution < -0.4 is 0 Å². The highest BCUT2D eigenvalue weighted by atomic mass is 16.3. The van der Waals surface area contributed by atoms with Crippen molar-refractivity contribution in [1.82, 2.24) is 9.88 Å². The van der Waals surface area contributed by atoms with Crippen LogP contribution in [-0.4, -0.2) is 28.4 Å². The van der Waals surface area contributed by atoms with E-state index in [0.29, 0.717) is 5.89 Å². The molecule has 0 unspecified atom stereocenters. The van der Waals surface area contributed by atoms with Crippen molar-refractivity contribution in [3.05, 3.63) is 72.1 Å². The lowest BCUT2D eigenvalue weighted by atomic mass is 9.95. The van der Waals surface area contributed by atoms with Crippen molar-refractivity contribution < 1.29 is 9.21 Å². The molecule has 4 nitrogen and oxygen atoms in total. The van der Waals surface area contributed by atoms with Gasteiger partial charge in [0, 0.05) is 24.7 Å². The molecule has 1 amide bonds. The van der Waals surface area contributed by atoms with Gasteiger partial charge in [-0.2, -0.15) is 0 Å². The minimum Gasteiger partial charge on any atom is -0.437 e. The molecule has 0 spiro atoms. The van der Waals surface area contributed by atoms with E-state index in [0.717, 1.165) is 36.9 Å². The molecule has 1 saturated heterocycles. The Morgan fingerprint density at radius 1 is 1.12 bits per heavy atom. The molecule has 4 heteroatoms. The first-order chi connectivity index (χ1) is 12.8. The van der Waals surface area contributed by atoms with Gasteiger partial charge in [-0.15, -0.1) is 0 Å². The molecule has 132 valence electrons. The fourth-order valence-corrected chi connectivity index (χ4v) is 3.59. The summed E-state index contributed by atoms with van der Waals surface area (Å²) in [4.78, 5) is 19.1. The molecule has 0 aliphatic carbocycles. The molecule has 1 fully saturated rings. The number of hydrogen-bond acceptors (Lipinski definition) is 3. The number of piperidine rings is 1. The van der Waals surface area contributed by atoms with E-state index >= 15 is 0 Å². The Balaban J connectivity index is 1.47. The lowest BCUT2D eigenvalue weighted by Gasteiger charge is -2.35. The van der Waals surface area contributed by atoms with Crippen molar-refractivity contribution in [3.63, 3.8) is 0 Å². The summed E-state index contributed by atoms with van der Waals surface area (Å²) in [7, 11) is 0. The third-order valence-corrected chi connectivity index (χ3v) is 4.90. The molecular weight excluding hydrogens is 324 g/mol. The number of carbonyl (C=O) groups excluding carboxylic acids is 1. The molecule has 2 heterocycles. The summed E-state index contributed by atoms with van der Waals surface area (Å²) in [6, 6.07) is 18.3. The molecule has 1 aliphatic rings. The maximum absolute atomic E-state index is 12.8. The number of carbonyl (C=O) groups is 1. The molecule has 3 aromatic rings. The topological polar surface area (TPSA) is 46.3 Å². The van der Waals surface area contributed by atoms with Crippen LogP contribution >= 0.6 is 0 Å². The third kappa shape index (κ3) is 3.69. The van der Waals surface area contributed by atoms with Crippen molar-refractivity contribution in [2.24, 2.45) is 0 Å². The van der Waals surface area contributed by atoms with Crippen molar-refractivity contribution in [1.29, 1.82) is 0 Å². The van der Waals surface area contributed by atoms with Gasteiger partial charge in [-0.05, 0) is 43.4 Å². The van der Waals surface area contributed by atoms with Gasteiger partial charge in [0.15, 0.2) is 5.58 Å². The van der Waals surface area contributed by atoms with Crippen molar-refractivity contribution in [2.75, 3.05) is 6.54 Å². The van der Waals surface area contributed by atoms with Crippen LogP contribution in [0.25, 0.3) is 17.2 Å². The largest absolute Gasteiger partial charge is 0.437 e. The SMILES string of the molecule is O=C(/C=C\c1nc2ccccc2o1)N1CCCC[C@@H]1Cc1ccccc1. The molecule has 2 aromatic carbocycles. The Hall–Kier alpha value is -2.88. The highest BCUT2D eigenvalue weighted by Gasteiger charge is 2.25. The standard InChI is InChI=1S/C22H22N2O2/c25-22(14-13-21-23-19-11-4-5-12-20(19)26-21)24-15-7-6-10-18(24)16-17-8-2-1-3-9-17/h1-5,8-9,11-14,18H,6-7,10,15-16H2/b14-13-/t18-/m1/s1. The third-order valence-electron chi connectivity index (χ3n) is 4.90. The van der Waals surface area contributed by atoms with Crippen LogP contribution in [0.3, 0.4) is 0 Å². The number of amides is 1. The lowest BCUT2D eigenvalue weighted by molar-refractivity contribution is -0.129. The number of fused-ring (bicyclic) bond motifs is 1. The zero-order valence-corrected chi connectivity index (χ0v) is 14.7. The number of benzene rings is 2. The smallest absolute Gasteiger partial charge is 0.247 e. The van der Waals surface area contributed by atoms with E-state index in [9.17, 15) is 4.79 Å². The first-order valence-corrected chi connectivity index (χ1v) is 9.18. The summed E-state index contributed by atoms with van der Waals surface area (Å²) in [6.45, 7) is 0.814. The van der Waals surface area contributed by atoms with E-state index in [4.69, 9.17) is 4.42 Å². The Bertz CT molecular complexity index is 881. The average molecular weight is 346 g/mol. The van der Waals surface area contributed by atoms with E-state index in [1.54, 1.807) is 12.2 Å². The van der Waals surface area contributed by atoms with Crippen LogP contribution in [0.15, 0.2) is 65.1 Å². The van der Waals surface area contributed by atoms with Crippen LogP contribution in [0.4, 0.5) is 0 Å². The van der Waals surface area contributed by atoms with Crippen molar-refractivity contribution in [3.8, 4) is 0 Å². The molecule has 4 rings (SSSR count). The van der Waals surface area contributed by atoms with E-state index in [1.807, 2.05) is 35.2 Å². The van der Waals surface area contributed by atoms with Gasteiger partial charge >= 0.3 is 0 Å². The normalized spacial score (nSPS) is 17.8. The summed E-state index contributed by atoms with van der Waals surface area (Å²) in [6.07, 6.45) is 7.47. The number of rotatable bonds is 4. The summed E-state index contributed by atoms with van der Waals surface area (Å²) < 4.78 is 5.66. The minimum atomic E-state index is 0.0351. The quantitative estimate of drug-likeness (QED) is 0.655. The van der Waals surface area contributed by atoms with Crippen molar-refractivity contribution in [2.45, 2.75) is 31.7 Å². The highest BCUT2D eigenvalue weighted by molar-refractivity contribution is 5.91. The molecule has 0 N–H and O–H groups in total. The summed E-state index contributed by atoms with van der Waals surface area (Å²) >= 11 is 0. The molecule has 0 bridgehead atoms. The number of aromatic nitrogens is 1. The van der Waals surface area contributed by atoms with E-state index < -0.39 is 0 Å². The number of likely N-dealkylation sites (tertiary alicyclic amines) is 1. The van der Waals surface area contributed by atoms with Crippen molar-refractivity contribution >= 4 is 23.1 Å². The number of hydrogen-bond donors (Lipinski definition) is 0. The fraction of sp³-hybridized carbons (Fsp3) is 0.273. The summed E-state index contributed by atoms with van der Waals surface area (Å²) in [5, 5.41) is 0. The monoisotopic (exact) mass is 346 g/mol. The number of nitrogens with zero attached hydrogens (tertiary/aromatic N) is 2. The first kappa shape index (κ1) is 16.6. The fourth-order valence-electron chi connectivity index (χ4n) is 3.59. The van der Waals surface area contributed by atoms with Gasteiger partial charge in [-0.25, -0.2) is 4.98 Å². The summed E-state index contributed by atoms with van der Waals surface area (Å²) in [5.74, 6) is 0.504. The van der Waals surface area contributed by atoms with E-state index in [1.165, 1.54) is 12.0 Å². The van der Waals surface area contributed by atoms with Gasteiger partial charge in [0.1, 0.15) is 5.52 Å². The van der Waals surface area contributed by atoms with Gasteiger partial charge < -0.3 is 9.32 Å². The predicted molar refractivity (Wildman–Crippen MR) is 103 cm³/mol. The van der Waals surface area contributed by atoms with E-state index in [2.05, 4.69) is 29.2 Å². The lowest BCUT2D eigenvalue weighted by Crippen LogP contribution is -2.44. The van der Waals surface area contributed by atoms with Crippen LogP contribution in [0.5, 0.6) is 0 Å². The zero-order chi connectivity index (χ0) is 17.8. The van der Waals surface area contributed by atoms with Crippen LogP contribution in [0, 0.1) is 0 Å². The van der Waals surface area contributed by atoms with Gasteiger partial charge in [0.05, 0.1) is 0 Å². The molecule has 1 aliphatic heterocycles. The maximum Gasteiger partial charge on any atom is 0.247 e.